The Balaban J connectivity index is 2.53. The van der Waals surface area contributed by atoms with Gasteiger partial charge < -0.3 is 10.2 Å². The van der Waals surface area contributed by atoms with Crippen molar-refractivity contribution in [2.24, 2.45) is 0 Å². The van der Waals surface area contributed by atoms with Crippen molar-refractivity contribution in [3.63, 3.8) is 0 Å². The predicted molar refractivity (Wildman–Crippen MR) is 147 cm³/mol. The molecule has 2 unspecified atom stereocenters. The second-order valence-corrected chi connectivity index (χ2v) is 10.6. The summed E-state index contributed by atoms with van der Waals surface area (Å²) >= 11 is 0. The molecule has 186 valence electrons. The molecule has 0 aliphatic heterocycles. The fourth-order valence-electron chi connectivity index (χ4n) is 5.06. The molecule has 0 aromatic heterocycles. The normalized spacial score (nSPS) is 12.8. The van der Waals surface area contributed by atoms with Gasteiger partial charge in [-0.15, -0.1) is 0 Å². The largest absolute Gasteiger partial charge is 0.507 e. The average molecular weight is 463 g/mol. The van der Waals surface area contributed by atoms with Crippen LogP contribution in [0.15, 0.2) is 47.6 Å². The van der Waals surface area contributed by atoms with Crippen LogP contribution in [-0.2, 0) is 0 Å². The minimum absolute atomic E-state index is 0.360. The summed E-state index contributed by atoms with van der Waals surface area (Å²) in [4.78, 5) is 0. The van der Waals surface area contributed by atoms with Crippen molar-refractivity contribution >= 4 is 0 Å². The predicted octanol–water partition coefficient (Wildman–Crippen LogP) is 9.47. The van der Waals surface area contributed by atoms with E-state index in [-0.39, 0.29) is 0 Å². The molecule has 2 aromatic carbocycles. The number of benzene rings is 2. The molecule has 2 nitrogen and oxygen atoms in total. The molecule has 0 fully saturated rings. The lowest BCUT2D eigenvalue weighted by Gasteiger charge is -2.30. The lowest BCUT2D eigenvalue weighted by atomic mass is 9.74. The van der Waals surface area contributed by atoms with E-state index in [2.05, 4.69) is 64.1 Å². The molecule has 0 saturated heterocycles. The van der Waals surface area contributed by atoms with Gasteiger partial charge in [0.05, 0.1) is 0 Å². The highest BCUT2D eigenvalue weighted by atomic mass is 16.3. The van der Waals surface area contributed by atoms with Crippen LogP contribution in [0.2, 0.25) is 0 Å². The fraction of sp³-hybridized carbons (Fsp3) is 0.500. The van der Waals surface area contributed by atoms with E-state index in [1.54, 1.807) is 0 Å². The van der Waals surface area contributed by atoms with Crippen LogP contribution >= 0.6 is 0 Å². The number of phenols is 2. The number of unbranched alkanes of at least 4 members (excludes halogenated alkanes) is 2. The van der Waals surface area contributed by atoms with Crippen molar-refractivity contribution in [1.29, 1.82) is 0 Å². The molecule has 0 aliphatic carbocycles. The number of rotatable bonds is 11. The molecule has 0 saturated carbocycles. The molecule has 2 rings (SSSR count). The maximum Gasteiger partial charge on any atom is 0.121 e. The first-order valence-electron chi connectivity index (χ1n) is 12.9. The second kappa shape index (κ2) is 12.8. The van der Waals surface area contributed by atoms with E-state index in [1.165, 1.54) is 22.3 Å². The van der Waals surface area contributed by atoms with E-state index < -0.39 is 0 Å². The quantitative estimate of drug-likeness (QED) is 0.258. The number of aryl methyl sites for hydroxylation is 4. The van der Waals surface area contributed by atoms with Gasteiger partial charge in [0, 0.05) is 0 Å². The van der Waals surface area contributed by atoms with Gasteiger partial charge in [-0.3, -0.25) is 0 Å². The minimum atomic E-state index is 0.360. The monoisotopic (exact) mass is 462 g/mol. The Morgan fingerprint density at radius 2 is 0.912 bits per heavy atom. The second-order valence-electron chi connectivity index (χ2n) is 10.6. The number of allylic oxidation sites excluding steroid dienone is 4. The van der Waals surface area contributed by atoms with Crippen LogP contribution in [0, 0.1) is 27.7 Å². The van der Waals surface area contributed by atoms with Crippen LogP contribution in [0.3, 0.4) is 0 Å². The Kier molecular flexibility index (Phi) is 10.5. The first-order chi connectivity index (χ1) is 16.0. The molecule has 0 radical (unpaired) electrons. The third-order valence-corrected chi connectivity index (χ3v) is 6.91. The SMILES string of the molecule is CC(C)=CCCCC(c1cc(C)c(O)c(C)c1)C(CCCC=C(C)C)c1cc(C)c(O)c(C)c1. The van der Waals surface area contributed by atoms with Gasteiger partial charge in [-0.05, 0) is 139 Å². The molecule has 0 spiro atoms. The van der Waals surface area contributed by atoms with Gasteiger partial charge in [-0.1, -0.05) is 47.6 Å². The molecular weight excluding hydrogens is 416 g/mol. The van der Waals surface area contributed by atoms with Crippen LogP contribution in [-0.4, -0.2) is 10.2 Å². The van der Waals surface area contributed by atoms with Crippen LogP contribution < -0.4 is 0 Å². The van der Waals surface area contributed by atoms with Gasteiger partial charge in [0.2, 0.25) is 0 Å². The Hall–Kier alpha value is -2.48. The Morgan fingerprint density at radius 1 is 0.618 bits per heavy atom. The molecule has 2 heteroatoms. The minimum Gasteiger partial charge on any atom is -0.507 e. The van der Waals surface area contributed by atoms with E-state index in [0.29, 0.717) is 23.3 Å². The van der Waals surface area contributed by atoms with E-state index in [9.17, 15) is 10.2 Å². The summed E-state index contributed by atoms with van der Waals surface area (Å²) < 4.78 is 0. The summed E-state index contributed by atoms with van der Waals surface area (Å²) in [6.07, 6.45) is 11.3. The molecule has 0 bridgehead atoms. The van der Waals surface area contributed by atoms with Crippen LogP contribution in [0.1, 0.15) is 111 Å². The van der Waals surface area contributed by atoms with E-state index in [0.717, 1.165) is 60.8 Å². The van der Waals surface area contributed by atoms with Gasteiger partial charge in [-0.2, -0.15) is 0 Å². The third kappa shape index (κ3) is 7.79. The van der Waals surface area contributed by atoms with Gasteiger partial charge in [-0.25, -0.2) is 0 Å². The zero-order chi connectivity index (χ0) is 25.4. The van der Waals surface area contributed by atoms with Gasteiger partial charge in [0.1, 0.15) is 11.5 Å². The van der Waals surface area contributed by atoms with Crippen molar-refractivity contribution in [2.45, 2.75) is 106 Å². The van der Waals surface area contributed by atoms with Crippen LogP contribution in [0.5, 0.6) is 11.5 Å². The molecule has 2 atom stereocenters. The van der Waals surface area contributed by atoms with Crippen molar-refractivity contribution < 1.29 is 10.2 Å². The highest BCUT2D eigenvalue weighted by molar-refractivity contribution is 5.47. The number of hydrogen-bond donors (Lipinski definition) is 2. The van der Waals surface area contributed by atoms with Crippen LogP contribution in [0.4, 0.5) is 0 Å². The molecule has 2 aromatic rings. The topological polar surface area (TPSA) is 40.5 Å². The zero-order valence-corrected chi connectivity index (χ0v) is 22.8. The lowest BCUT2D eigenvalue weighted by molar-refractivity contribution is 0.446. The average Bonchev–Trinajstić information content (AvgIpc) is 2.75. The van der Waals surface area contributed by atoms with E-state index in [4.69, 9.17) is 0 Å². The fourth-order valence-corrected chi connectivity index (χ4v) is 5.06. The molecule has 0 aliphatic rings. The highest BCUT2D eigenvalue weighted by Crippen LogP contribution is 2.43. The van der Waals surface area contributed by atoms with Crippen molar-refractivity contribution in [1.82, 2.24) is 0 Å². The first kappa shape index (κ1) is 27.8. The maximum atomic E-state index is 10.4. The van der Waals surface area contributed by atoms with Gasteiger partial charge >= 0.3 is 0 Å². The third-order valence-electron chi connectivity index (χ3n) is 6.91. The molecule has 2 N–H and O–H groups in total. The molecular formula is C32H46O2. The first-order valence-corrected chi connectivity index (χ1v) is 12.9. The summed E-state index contributed by atoms with van der Waals surface area (Å²) in [6.45, 7) is 16.7. The molecule has 0 heterocycles. The van der Waals surface area contributed by atoms with Gasteiger partial charge in [0.25, 0.3) is 0 Å². The number of hydrogen-bond acceptors (Lipinski definition) is 2. The summed E-state index contributed by atoms with van der Waals surface area (Å²) in [5.74, 6) is 1.53. The Bertz CT molecular complexity index is 888. The standard InChI is InChI=1S/C32H46O2/c1-21(2)13-9-11-15-29(27-17-23(5)31(33)24(6)18-27)30(16-12-10-14-22(3)4)28-19-25(7)32(34)26(8)20-28/h13-14,17-20,29-30,33-34H,9-12,15-16H2,1-8H3. The van der Waals surface area contributed by atoms with Crippen molar-refractivity contribution in [2.75, 3.05) is 0 Å². The Labute approximate surface area is 208 Å². The zero-order valence-electron chi connectivity index (χ0n) is 22.8. The molecule has 0 amide bonds. The summed E-state index contributed by atoms with van der Waals surface area (Å²) in [6, 6.07) is 8.77. The number of aromatic hydroxyl groups is 2. The summed E-state index contributed by atoms with van der Waals surface area (Å²) in [5.41, 5.74) is 9.18. The molecule has 34 heavy (non-hydrogen) atoms. The van der Waals surface area contributed by atoms with Crippen LogP contribution in [0.25, 0.3) is 0 Å². The van der Waals surface area contributed by atoms with E-state index >= 15 is 0 Å². The van der Waals surface area contributed by atoms with Crippen molar-refractivity contribution in [3.8, 4) is 11.5 Å². The highest BCUT2D eigenvalue weighted by Gasteiger charge is 2.26. The number of phenolic OH excluding ortho intramolecular Hbond substituents is 2. The summed E-state index contributed by atoms with van der Waals surface area (Å²) in [5, 5.41) is 20.9. The van der Waals surface area contributed by atoms with Gasteiger partial charge in [0.15, 0.2) is 0 Å². The maximum absolute atomic E-state index is 10.4. The van der Waals surface area contributed by atoms with Crippen molar-refractivity contribution in [3.05, 3.63) is 80.9 Å². The smallest absolute Gasteiger partial charge is 0.121 e. The lowest BCUT2D eigenvalue weighted by Crippen LogP contribution is -2.13. The van der Waals surface area contributed by atoms with E-state index in [1.807, 2.05) is 27.7 Å². The Morgan fingerprint density at radius 3 is 1.18 bits per heavy atom. The summed E-state index contributed by atoms with van der Waals surface area (Å²) in [7, 11) is 0.